The Morgan fingerprint density at radius 2 is 0.867 bits per heavy atom. The van der Waals surface area contributed by atoms with Gasteiger partial charge in [-0.2, -0.15) is 0 Å². The van der Waals surface area contributed by atoms with E-state index in [9.17, 15) is 0 Å². The van der Waals surface area contributed by atoms with Crippen LogP contribution in [0.4, 0.5) is 17.1 Å². The largest absolute Gasteiger partial charge is 0.457 e. The molecule has 3 aliphatic rings. The average Bonchev–Trinajstić information content (AvgIpc) is 3.73. The number of fused-ring (bicyclic) bond motifs is 12. The highest BCUT2D eigenvalue weighted by molar-refractivity contribution is 5.97. The molecule has 0 saturated heterocycles. The summed E-state index contributed by atoms with van der Waals surface area (Å²) in [5.41, 5.74) is 20.5. The van der Waals surface area contributed by atoms with Crippen LogP contribution in [0.3, 0.4) is 0 Å². The topological polar surface area (TPSA) is 12.5 Å². The Kier molecular flexibility index (Phi) is 7.52. The highest BCUT2D eigenvalue weighted by Gasteiger charge is 2.51. The van der Waals surface area contributed by atoms with Crippen LogP contribution in [0.25, 0.3) is 44.5 Å². The number of hydrogen-bond donors (Lipinski definition) is 0. The fourth-order valence-electron chi connectivity index (χ4n) is 10.7. The smallest absolute Gasteiger partial charge is 0.132 e. The van der Waals surface area contributed by atoms with Gasteiger partial charge in [-0.15, -0.1) is 0 Å². The van der Waals surface area contributed by atoms with E-state index in [2.05, 4.69) is 231 Å². The Bertz CT molecular complexity index is 3110. The van der Waals surface area contributed by atoms with Crippen molar-refractivity contribution in [2.45, 2.75) is 24.7 Å². The van der Waals surface area contributed by atoms with Crippen LogP contribution >= 0.6 is 0 Å². The summed E-state index contributed by atoms with van der Waals surface area (Å²) in [6.07, 6.45) is 0. The first-order valence-electron chi connectivity index (χ1n) is 20.9. The molecule has 0 atom stereocenters. The molecule has 0 bridgehead atoms. The molecule has 0 saturated carbocycles. The number of ether oxygens (including phenoxy) is 1. The Morgan fingerprint density at radius 1 is 0.333 bits per heavy atom. The molecule has 9 aromatic rings. The predicted octanol–water partition coefficient (Wildman–Crippen LogP) is 15.3. The molecule has 1 heterocycles. The van der Waals surface area contributed by atoms with Gasteiger partial charge in [-0.1, -0.05) is 172 Å². The van der Waals surface area contributed by atoms with E-state index in [-0.39, 0.29) is 5.41 Å². The number of anilines is 3. The fourth-order valence-corrected chi connectivity index (χ4v) is 10.7. The van der Waals surface area contributed by atoms with E-state index in [0.29, 0.717) is 0 Å². The van der Waals surface area contributed by atoms with E-state index in [1.54, 1.807) is 0 Å². The monoisotopic (exact) mass is 767 g/mol. The molecule has 1 spiro atoms. The molecule has 2 aliphatic carbocycles. The van der Waals surface area contributed by atoms with Crippen LogP contribution in [0.1, 0.15) is 47.2 Å². The van der Waals surface area contributed by atoms with Crippen LogP contribution in [-0.4, -0.2) is 0 Å². The zero-order valence-corrected chi connectivity index (χ0v) is 33.6. The first kappa shape index (κ1) is 34.6. The summed E-state index contributed by atoms with van der Waals surface area (Å²) in [7, 11) is 0. The molecule has 1 aliphatic heterocycles. The van der Waals surface area contributed by atoms with E-state index in [1.807, 2.05) is 0 Å². The van der Waals surface area contributed by atoms with Gasteiger partial charge >= 0.3 is 0 Å². The van der Waals surface area contributed by atoms with Crippen molar-refractivity contribution in [3.05, 3.63) is 246 Å². The third-order valence-electron chi connectivity index (χ3n) is 13.3. The molecule has 0 aromatic heterocycles. The number of para-hydroxylation sites is 3. The normalized spacial score (nSPS) is 14.2. The van der Waals surface area contributed by atoms with Crippen molar-refractivity contribution in [1.29, 1.82) is 0 Å². The zero-order valence-electron chi connectivity index (χ0n) is 33.6. The van der Waals surface area contributed by atoms with Gasteiger partial charge in [-0.05, 0) is 121 Å². The second-order valence-corrected chi connectivity index (χ2v) is 16.8. The summed E-state index contributed by atoms with van der Waals surface area (Å²) in [6.45, 7) is 4.68. The van der Waals surface area contributed by atoms with Crippen LogP contribution < -0.4 is 9.64 Å². The second kappa shape index (κ2) is 13.0. The van der Waals surface area contributed by atoms with Gasteiger partial charge in [0.05, 0.1) is 5.41 Å². The Balaban J connectivity index is 0.981. The predicted molar refractivity (Wildman–Crippen MR) is 247 cm³/mol. The Labute approximate surface area is 351 Å². The van der Waals surface area contributed by atoms with Crippen molar-refractivity contribution in [3.8, 4) is 56.0 Å². The minimum absolute atomic E-state index is 0.00858. The lowest BCUT2D eigenvalue weighted by Gasteiger charge is -2.39. The molecule has 0 fully saturated rings. The molecule has 60 heavy (non-hydrogen) atoms. The van der Waals surface area contributed by atoms with Crippen molar-refractivity contribution in [1.82, 2.24) is 0 Å². The van der Waals surface area contributed by atoms with Crippen LogP contribution in [0, 0.1) is 0 Å². The van der Waals surface area contributed by atoms with E-state index in [0.717, 1.165) is 28.6 Å². The molecule has 284 valence electrons. The molecule has 12 rings (SSSR count). The van der Waals surface area contributed by atoms with Gasteiger partial charge in [-0.25, -0.2) is 0 Å². The van der Waals surface area contributed by atoms with Crippen molar-refractivity contribution in [3.63, 3.8) is 0 Å². The summed E-state index contributed by atoms with van der Waals surface area (Å²) in [5.74, 6) is 1.81. The lowest BCUT2D eigenvalue weighted by molar-refractivity contribution is 0.436. The van der Waals surface area contributed by atoms with Crippen molar-refractivity contribution in [2.75, 3.05) is 4.90 Å². The molecule has 0 N–H and O–H groups in total. The molecule has 2 heteroatoms. The average molecular weight is 768 g/mol. The molecule has 9 aromatic carbocycles. The fraction of sp³-hybridized carbons (Fsp3) is 0.0690. The first-order valence-corrected chi connectivity index (χ1v) is 20.9. The lowest BCUT2D eigenvalue weighted by atomic mass is 9.66. The van der Waals surface area contributed by atoms with Gasteiger partial charge in [0.2, 0.25) is 0 Å². The summed E-state index contributed by atoms with van der Waals surface area (Å²) in [4.78, 5) is 2.37. The minimum atomic E-state index is -0.513. The van der Waals surface area contributed by atoms with Crippen molar-refractivity contribution >= 4 is 17.1 Å². The summed E-state index contributed by atoms with van der Waals surface area (Å²) in [6, 6.07) is 77.7. The van der Waals surface area contributed by atoms with Gasteiger partial charge in [0.1, 0.15) is 11.5 Å². The number of nitrogens with zero attached hydrogens (tertiary/aromatic N) is 1. The van der Waals surface area contributed by atoms with Gasteiger partial charge in [0.25, 0.3) is 0 Å². The highest BCUT2D eigenvalue weighted by Crippen LogP contribution is 2.63. The first-order chi connectivity index (χ1) is 29.5. The summed E-state index contributed by atoms with van der Waals surface area (Å²) >= 11 is 0. The van der Waals surface area contributed by atoms with E-state index in [4.69, 9.17) is 4.74 Å². The summed E-state index contributed by atoms with van der Waals surface area (Å²) < 4.78 is 6.60. The molecular weight excluding hydrogens is 727 g/mol. The van der Waals surface area contributed by atoms with E-state index in [1.165, 1.54) is 77.9 Å². The second-order valence-electron chi connectivity index (χ2n) is 16.8. The maximum atomic E-state index is 6.60. The summed E-state index contributed by atoms with van der Waals surface area (Å²) in [5, 5.41) is 0. The van der Waals surface area contributed by atoms with Gasteiger partial charge in [0.15, 0.2) is 0 Å². The van der Waals surface area contributed by atoms with Crippen molar-refractivity contribution in [2.24, 2.45) is 0 Å². The Morgan fingerprint density at radius 3 is 1.62 bits per heavy atom. The maximum absolute atomic E-state index is 6.60. The third-order valence-corrected chi connectivity index (χ3v) is 13.3. The maximum Gasteiger partial charge on any atom is 0.132 e. The third kappa shape index (κ3) is 4.88. The molecule has 0 amide bonds. The lowest BCUT2D eigenvalue weighted by Crippen LogP contribution is -2.32. The van der Waals surface area contributed by atoms with E-state index >= 15 is 0 Å². The number of rotatable bonds is 5. The van der Waals surface area contributed by atoms with Crippen LogP contribution in [0.2, 0.25) is 0 Å². The molecule has 2 nitrogen and oxygen atoms in total. The zero-order chi connectivity index (χ0) is 40.0. The van der Waals surface area contributed by atoms with Gasteiger partial charge in [-0.3, -0.25) is 0 Å². The van der Waals surface area contributed by atoms with Crippen molar-refractivity contribution < 1.29 is 4.74 Å². The quantitative estimate of drug-likeness (QED) is 0.173. The van der Waals surface area contributed by atoms with Gasteiger partial charge < -0.3 is 9.64 Å². The van der Waals surface area contributed by atoms with Gasteiger partial charge in [0, 0.05) is 33.6 Å². The highest BCUT2D eigenvalue weighted by atomic mass is 16.5. The van der Waals surface area contributed by atoms with Crippen LogP contribution in [-0.2, 0) is 10.8 Å². The standard InChI is InChI=1S/C58H41NO/c1-57(2)48-23-8-6-20-45(48)47-37-39(32-35-49(47)57)38-30-33-42(34-31-38)59(41-17-4-3-5-18-41)43-19-14-16-40(36-43)44-22-15-27-53-56(44)46-21-7-9-24-50(46)58(53)51-25-10-12-28-54(51)60-55-29-13-11-26-52(55)58/h3-37H,1-2H3. The molecule has 0 radical (unpaired) electrons. The van der Waals surface area contributed by atoms with Crippen LogP contribution in [0.5, 0.6) is 11.5 Å². The minimum Gasteiger partial charge on any atom is -0.457 e. The molecular formula is C58H41NO. The number of hydrogen-bond acceptors (Lipinski definition) is 2. The number of benzene rings is 9. The van der Waals surface area contributed by atoms with E-state index < -0.39 is 5.41 Å². The molecule has 0 unspecified atom stereocenters. The van der Waals surface area contributed by atoms with Crippen LogP contribution in [0.15, 0.2) is 212 Å². The Hall–Kier alpha value is -7.42. The SMILES string of the molecule is CC1(C)c2ccccc2-c2cc(-c3ccc(N(c4ccccc4)c4cccc(-c5cccc6c5-c5ccccc5C65c6ccccc6Oc6ccccc65)c4)cc3)ccc21.